The van der Waals surface area contributed by atoms with Crippen LogP contribution in [-0.4, -0.2) is 41.1 Å². The molecule has 1 saturated heterocycles. The molecule has 4 nitrogen and oxygen atoms in total. The third kappa shape index (κ3) is 2.27. The van der Waals surface area contributed by atoms with Gasteiger partial charge >= 0.3 is 0 Å². The van der Waals surface area contributed by atoms with E-state index in [2.05, 4.69) is 4.98 Å². The van der Waals surface area contributed by atoms with Crippen LogP contribution >= 0.6 is 0 Å². The van der Waals surface area contributed by atoms with Gasteiger partial charge in [-0.25, -0.2) is 0 Å². The first-order chi connectivity index (χ1) is 9.66. The van der Waals surface area contributed by atoms with E-state index in [1.807, 2.05) is 49.1 Å². The molecule has 2 heterocycles. The maximum atomic E-state index is 12.8. The Kier molecular flexibility index (Phi) is 3.40. The van der Waals surface area contributed by atoms with Crippen LogP contribution in [0.4, 0.5) is 0 Å². The Morgan fingerprint density at radius 1 is 1.30 bits per heavy atom. The molecule has 104 valence electrons. The van der Waals surface area contributed by atoms with Crippen LogP contribution in [0.15, 0.2) is 36.5 Å². The minimum atomic E-state index is -0.00977. The van der Waals surface area contributed by atoms with Gasteiger partial charge in [0.15, 0.2) is 0 Å². The molecule has 1 aliphatic heterocycles. The van der Waals surface area contributed by atoms with E-state index >= 15 is 0 Å². The number of nitrogens with zero attached hydrogens (tertiary/aromatic N) is 2. The number of fused-ring (bicyclic) bond motifs is 1. The molecule has 0 radical (unpaired) electrons. The second-order valence-corrected chi connectivity index (χ2v) is 5.33. The first kappa shape index (κ1) is 13.1. The van der Waals surface area contributed by atoms with E-state index < -0.39 is 0 Å². The van der Waals surface area contributed by atoms with Crippen molar-refractivity contribution in [3.8, 4) is 0 Å². The fourth-order valence-corrected chi connectivity index (χ4v) is 2.61. The van der Waals surface area contributed by atoms with Crippen molar-refractivity contribution in [2.75, 3.05) is 13.2 Å². The number of ether oxygens (including phenoxy) is 1. The van der Waals surface area contributed by atoms with Crippen molar-refractivity contribution in [3.05, 3.63) is 42.2 Å². The van der Waals surface area contributed by atoms with Gasteiger partial charge in [-0.15, -0.1) is 0 Å². The predicted molar refractivity (Wildman–Crippen MR) is 77.7 cm³/mol. The lowest BCUT2D eigenvalue weighted by atomic mass is 10.1. The lowest BCUT2D eigenvalue weighted by Gasteiger charge is -2.36. The number of hydrogen-bond acceptors (Lipinski definition) is 3. The first-order valence-electron chi connectivity index (χ1n) is 6.93. The molecule has 0 N–H and O–H groups in total. The van der Waals surface area contributed by atoms with Crippen molar-refractivity contribution in [2.45, 2.75) is 26.0 Å². The van der Waals surface area contributed by atoms with Crippen LogP contribution in [0.2, 0.25) is 0 Å². The summed E-state index contributed by atoms with van der Waals surface area (Å²) in [5.74, 6) is -0.00977. The van der Waals surface area contributed by atoms with Crippen molar-refractivity contribution in [3.63, 3.8) is 0 Å². The molecular weight excluding hydrogens is 252 g/mol. The number of amides is 1. The van der Waals surface area contributed by atoms with Gasteiger partial charge in [-0.05, 0) is 25.3 Å². The summed E-state index contributed by atoms with van der Waals surface area (Å²) >= 11 is 0. The largest absolute Gasteiger partial charge is 0.375 e. The standard InChI is InChI=1S/C16H18N2O2/c1-11-10-20-12(2)9-18(11)16(19)15-14-6-4-3-5-13(14)7-8-17-15/h3-8,11-12H,9-10H2,1-2H3. The van der Waals surface area contributed by atoms with Gasteiger partial charge in [-0.1, -0.05) is 24.3 Å². The summed E-state index contributed by atoms with van der Waals surface area (Å²) in [4.78, 5) is 19.0. The Hall–Kier alpha value is -1.94. The molecule has 1 fully saturated rings. The van der Waals surface area contributed by atoms with Gasteiger partial charge in [0, 0.05) is 18.1 Å². The van der Waals surface area contributed by atoms with E-state index in [0.29, 0.717) is 18.8 Å². The smallest absolute Gasteiger partial charge is 0.273 e. The maximum Gasteiger partial charge on any atom is 0.273 e. The van der Waals surface area contributed by atoms with Gasteiger partial charge in [0.2, 0.25) is 0 Å². The number of morpholine rings is 1. The summed E-state index contributed by atoms with van der Waals surface area (Å²) in [5.41, 5.74) is 0.532. The summed E-state index contributed by atoms with van der Waals surface area (Å²) in [6.45, 7) is 5.19. The topological polar surface area (TPSA) is 42.4 Å². The second kappa shape index (κ2) is 5.21. The van der Waals surface area contributed by atoms with Crippen molar-refractivity contribution < 1.29 is 9.53 Å². The van der Waals surface area contributed by atoms with Crippen molar-refractivity contribution in [1.82, 2.24) is 9.88 Å². The van der Waals surface area contributed by atoms with E-state index in [1.54, 1.807) is 6.20 Å². The Balaban J connectivity index is 2.00. The van der Waals surface area contributed by atoms with Gasteiger partial charge < -0.3 is 9.64 Å². The van der Waals surface area contributed by atoms with Crippen molar-refractivity contribution in [1.29, 1.82) is 0 Å². The van der Waals surface area contributed by atoms with Crippen LogP contribution < -0.4 is 0 Å². The van der Waals surface area contributed by atoms with Crippen LogP contribution in [0, 0.1) is 0 Å². The molecule has 20 heavy (non-hydrogen) atoms. The first-order valence-corrected chi connectivity index (χ1v) is 6.93. The molecule has 0 bridgehead atoms. The zero-order valence-corrected chi connectivity index (χ0v) is 11.7. The molecule has 2 aromatic rings. The molecule has 2 unspecified atom stereocenters. The highest BCUT2D eigenvalue weighted by Crippen LogP contribution is 2.20. The SMILES string of the molecule is CC1CN(C(=O)c2nccc3ccccc23)C(C)CO1. The Morgan fingerprint density at radius 3 is 2.95 bits per heavy atom. The normalized spacial score (nSPS) is 23.0. The quantitative estimate of drug-likeness (QED) is 0.799. The molecular formula is C16H18N2O2. The highest BCUT2D eigenvalue weighted by atomic mass is 16.5. The fraction of sp³-hybridized carbons (Fsp3) is 0.375. The van der Waals surface area contributed by atoms with Gasteiger partial charge in [-0.2, -0.15) is 0 Å². The van der Waals surface area contributed by atoms with Crippen molar-refractivity contribution >= 4 is 16.7 Å². The number of benzene rings is 1. The highest BCUT2D eigenvalue weighted by molar-refractivity contribution is 6.05. The summed E-state index contributed by atoms with van der Waals surface area (Å²) in [5, 5.41) is 1.95. The Bertz CT molecular complexity index is 636. The molecule has 2 atom stereocenters. The lowest BCUT2D eigenvalue weighted by molar-refractivity contribution is -0.0388. The monoisotopic (exact) mass is 270 g/mol. The summed E-state index contributed by atoms with van der Waals surface area (Å²) < 4.78 is 5.58. The molecule has 4 heteroatoms. The molecule has 1 amide bonds. The average molecular weight is 270 g/mol. The molecule has 1 aromatic carbocycles. The maximum absolute atomic E-state index is 12.8. The second-order valence-electron chi connectivity index (χ2n) is 5.33. The van der Waals surface area contributed by atoms with Crippen LogP contribution in [0.25, 0.3) is 10.8 Å². The average Bonchev–Trinajstić information content (AvgIpc) is 2.48. The number of carbonyl (C=O) groups excluding carboxylic acids is 1. The molecule has 0 saturated carbocycles. The number of rotatable bonds is 1. The lowest BCUT2D eigenvalue weighted by Crippen LogP contribution is -2.50. The molecule has 1 aliphatic rings. The molecule has 0 aliphatic carbocycles. The van der Waals surface area contributed by atoms with Crippen LogP contribution in [-0.2, 0) is 4.74 Å². The van der Waals surface area contributed by atoms with Gasteiger partial charge in [0.05, 0.1) is 18.8 Å². The van der Waals surface area contributed by atoms with Crippen LogP contribution in [0.5, 0.6) is 0 Å². The summed E-state index contributed by atoms with van der Waals surface area (Å²) in [6.07, 6.45) is 1.77. The number of aromatic nitrogens is 1. The number of pyridine rings is 1. The Labute approximate surface area is 118 Å². The van der Waals surface area contributed by atoms with E-state index in [-0.39, 0.29) is 18.1 Å². The van der Waals surface area contributed by atoms with Crippen LogP contribution in [0.1, 0.15) is 24.3 Å². The number of hydrogen-bond donors (Lipinski definition) is 0. The van der Waals surface area contributed by atoms with E-state index in [1.165, 1.54) is 0 Å². The molecule has 0 spiro atoms. The highest BCUT2D eigenvalue weighted by Gasteiger charge is 2.29. The Morgan fingerprint density at radius 2 is 2.10 bits per heavy atom. The van der Waals surface area contributed by atoms with E-state index in [9.17, 15) is 4.79 Å². The third-order valence-electron chi connectivity index (χ3n) is 3.74. The zero-order chi connectivity index (χ0) is 14.1. The summed E-state index contributed by atoms with van der Waals surface area (Å²) in [6, 6.07) is 9.86. The van der Waals surface area contributed by atoms with Gasteiger partial charge in [0.1, 0.15) is 5.69 Å². The predicted octanol–water partition coefficient (Wildman–Crippen LogP) is 2.48. The summed E-state index contributed by atoms with van der Waals surface area (Å²) in [7, 11) is 0. The van der Waals surface area contributed by atoms with Gasteiger partial charge in [0.25, 0.3) is 5.91 Å². The minimum Gasteiger partial charge on any atom is -0.375 e. The molecule has 1 aromatic heterocycles. The zero-order valence-electron chi connectivity index (χ0n) is 11.7. The fourth-order valence-electron chi connectivity index (χ4n) is 2.61. The third-order valence-corrected chi connectivity index (χ3v) is 3.74. The molecule has 3 rings (SSSR count). The van der Waals surface area contributed by atoms with Gasteiger partial charge in [-0.3, -0.25) is 9.78 Å². The van der Waals surface area contributed by atoms with Crippen LogP contribution in [0.3, 0.4) is 0 Å². The number of carbonyl (C=O) groups is 1. The minimum absolute atomic E-state index is 0.00977. The van der Waals surface area contributed by atoms with Crippen molar-refractivity contribution in [2.24, 2.45) is 0 Å². The van der Waals surface area contributed by atoms with E-state index in [4.69, 9.17) is 4.74 Å². The van der Waals surface area contributed by atoms with E-state index in [0.717, 1.165) is 10.8 Å².